The van der Waals surface area contributed by atoms with Gasteiger partial charge in [-0.05, 0) is 19.3 Å². The Bertz CT molecular complexity index is 215. The zero-order valence-electron chi connectivity index (χ0n) is 8.67. The highest BCUT2D eigenvalue weighted by Crippen LogP contribution is 2.05. The summed E-state index contributed by atoms with van der Waals surface area (Å²) >= 11 is 0. The van der Waals surface area contributed by atoms with E-state index in [1.165, 1.54) is 0 Å². The third-order valence-corrected chi connectivity index (χ3v) is 2.08. The molecule has 0 spiro atoms. The fraction of sp³-hybridized carbons (Fsp3) is 0.583. The van der Waals surface area contributed by atoms with E-state index in [2.05, 4.69) is 12.5 Å². The van der Waals surface area contributed by atoms with Crippen molar-refractivity contribution in [3.8, 4) is 12.3 Å². The molecule has 78 valence electrons. The number of allylic oxidation sites excluding steroid dienone is 1. The average molecular weight is 193 g/mol. The van der Waals surface area contributed by atoms with Crippen LogP contribution in [0, 0.1) is 12.3 Å². The van der Waals surface area contributed by atoms with Gasteiger partial charge in [0.15, 0.2) is 5.78 Å². The van der Waals surface area contributed by atoms with Crippen LogP contribution in [0.5, 0.6) is 0 Å². The Morgan fingerprint density at radius 3 is 2.79 bits per heavy atom. The first-order valence-corrected chi connectivity index (χ1v) is 5.05. The first-order chi connectivity index (χ1) is 6.72. The predicted molar refractivity (Wildman–Crippen MR) is 59.7 cm³/mol. The quantitative estimate of drug-likeness (QED) is 0.364. The molecule has 2 heteroatoms. The summed E-state index contributed by atoms with van der Waals surface area (Å²) in [6.45, 7) is 3.64. The van der Waals surface area contributed by atoms with Crippen LogP contribution < -0.4 is 5.73 Å². The van der Waals surface area contributed by atoms with Gasteiger partial charge in [-0.1, -0.05) is 12.5 Å². The molecule has 2 N–H and O–H groups in total. The van der Waals surface area contributed by atoms with Crippen LogP contribution in [0.1, 0.15) is 38.5 Å². The van der Waals surface area contributed by atoms with Crippen molar-refractivity contribution in [1.82, 2.24) is 0 Å². The molecule has 0 aromatic heterocycles. The molecule has 0 rings (SSSR count). The van der Waals surface area contributed by atoms with Gasteiger partial charge < -0.3 is 5.73 Å². The summed E-state index contributed by atoms with van der Waals surface area (Å²) in [6.07, 6.45) is 12.0. The highest BCUT2D eigenvalue weighted by Gasteiger charge is 2.10. The maximum absolute atomic E-state index is 11.3. The minimum atomic E-state index is -0.459. The van der Waals surface area contributed by atoms with Crippen molar-refractivity contribution in [2.45, 2.75) is 44.6 Å². The summed E-state index contributed by atoms with van der Waals surface area (Å²) in [5, 5.41) is 0. The highest BCUT2D eigenvalue weighted by atomic mass is 16.1. The van der Waals surface area contributed by atoms with Gasteiger partial charge in [-0.2, -0.15) is 0 Å². The summed E-state index contributed by atoms with van der Waals surface area (Å²) in [6, 6.07) is -0.459. The van der Waals surface area contributed by atoms with Crippen LogP contribution in [-0.2, 0) is 4.79 Å². The summed E-state index contributed by atoms with van der Waals surface area (Å²) in [5.41, 5.74) is 5.56. The molecule has 0 aromatic rings. The smallest absolute Gasteiger partial charge is 0.150 e. The standard InChI is InChI=1S/C12H19NO/c1-3-5-6-7-8-10-12(14)11(13)9-4-2/h2-3,11H,1,5-10,13H2. The lowest BCUT2D eigenvalue weighted by atomic mass is 10.0. The molecule has 0 aliphatic carbocycles. The van der Waals surface area contributed by atoms with Gasteiger partial charge in [0.2, 0.25) is 0 Å². The number of carbonyl (C=O) groups excluding carboxylic acids is 1. The van der Waals surface area contributed by atoms with E-state index in [1.54, 1.807) is 0 Å². The molecule has 0 aliphatic rings. The summed E-state index contributed by atoms with van der Waals surface area (Å²) in [4.78, 5) is 11.3. The normalized spacial score (nSPS) is 11.7. The molecule has 0 amide bonds. The second kappa shape index (κ2) is 8.52. The van der Waals surface area contributed by atoms with E-state index < -0.39 is 6.04 Å². The van der Waals surface area contributed by atoms with Crippen molar-refractivity contribution in [3.05, 3.63) is 12.7 Å². The van der Waals surface area contributed by atoms with Crippen molar-refractivity contribution >= 4 is 5.78 Å². The number of hydrogen-bond acceptors (Lipinski definition) is 2. The van der Waals surface area contributed by atoms with Crippen LogP contribution in [-0.4, -0.2) is 11.8 Å². The fourth-order valence-corrected chi connectivity index (χ4v) is 1.19. The minimum absolute atomic E-state index is 0.0848. The van der Waals surface area contributed by atoms with Gasteiger partial charge in [-0.15, -0.1) is 18.9 Å². The molecule has 0 saturated carbocycles. The van der Waals surface area contributed by atoms with Gasteiger partial charge >= 0.3 is 0 Å². The van der Waals surface area contributed by atoms with E-state index in [-0.39, 0.29) is 5.78 Å². The van der Waals surface area contributed by atoms with Crippen molar-refractivity contribution in [1.29, 1.82) is 0 Å². The molecule has 14 heavy (non-hydrogen) atoms. The van der Waals surface area contributed by atoms with Gasteiger partial charge in [0, 0.05) is 12.8 Å². The predicted octanol–water partition coefficient (Wildman–Crippen LogP) is 2.04. The first kappa shape index (κ1) is 12.9. The maximum atomic E-state index is 11.3. The summed E-state index contributed by atoms with van der Waals surface area (Å²) < 4.78 is 0. The average Bonchev–Trinajstić information content (AvgIpc) is 2.17. The van der Waals surface area contributed by atoms with E-state index in [4.69, 9.17) is 12.2 Å². The Morgan fingerprint density at radius 2 is 2.21 bits per heavy atom. The van der Waals surface area contributed by atoms with E-state index in [9.17, 15) is 4.79 Å². The van der Waals surface area contributed by atoms with Crippen molar-refractivity contribution in [3.63, 3.8) is 0 Å². The molecule has 1 atom stereocenters. The maximum Gasteiger partial charge on any atom is 0.150 e. The van der Waals surface area contributed by atoms with Crippen LogP contribution in [0.3, 0.4) is 0 Å². The van der Waals surface area contributed by atoms with E-state index in [0.717, 1.165) is 25.7 Å². The van der Waals surface area contributed by atoms with E-state index >= 15 is 0 Å². The van der Waals surface area contributed by atoms with Gasteiger partial charge in [0.25, 0.3) is 0 Å². The Hall–Kier alpha value is -1.07. The number of Topliss-reactive ketones (excluding diaryl/α,β-unsaturated/α-hetero) is 1. The van der Waals surface area contributed by atoms with Crippen LogP contribution in [0.15, 0.2) is 12.7 Å². The number of unbranched alkanes of at least 4 members (excludes halogenated alkanes) is 3. The lowest BCUT2D eigenvalue weighted by Gasteiger charge is -2.06. The Labute approximate surface area is 86.6 Å². The monoisotopic (exact) mass is 193 g/mol. The van der Waals surface area contributed by atoms with Crippen molar-refractivity contribution < 1.29 is 4.79 Å². The van der Waals surface area contributed by atoms with Crippen molar-refractivity contribution in [2.24, 2.45) is 5.73 Å². The number of hydrogen-bond donors (Lipinski definition) is 1. The highest BCUT2D eigenvalue weighted by molar-refractivity contribution is 5.83. The van der Waals surface area contributed by atoms with Crippen LogP contribution in [0.4, 0.5) is 0 Å². The zero-order chi connectivity index (χ0) is 10.8. The Balaban J connectivity index is 3.44. The van der Waals surface area contributed by atoms with Gasteiger partial charge in [0.1, 0.15) is 0 Å². The third kappa shape index (κ3) is 6.45. The van der Waals surface area contributed by atoms with Gasteiger partial charge in [-0.3, -0.25) is 4.79 Å². The molecule has 0 heterocycles. The Kier molecular flexibility index (Phi) is 7.87. The van der Waals surface area contributed by atoms with Gasteiger partial charge in [-0.25, -0.2) is 0 Å². The Morgan fingerprint density at radius 1 is 1.50 bits per heavy atom. The van der Waals surface area contributed by atoms with Gasteiger partial charge in [0.05, 0.1) is 6.04 Å². The molecule has 0 fully saturated rings. The number of ketones is 1. The second-order valence-electron chi connectivity index (χ2n) is 3.37. The molecule has 0 aromatic carbocycles. The summed E-state index contributed by atoms with van der Waals surface area (Å²) in [7, 11) is 0. The molecule has 1 unspecified atom stereocenters. The van der Waals surface area contributed by atoms with Crippen LogP contribution in [0.2, 0.25) is 0 Å². The molecular formula is C12H19NO. The lowest BCUT2D eigenvalue weighted by molar-refractivity contribution is -0.120. The molecule has 0 bridgehead atoms. The van der Waals surface area contributed by atoms with Crippen LogP contribution >= 0.6 is 0 Å². The minimum Gasteiger partial charge on any atom is -0.321 e. The SMILES string of the molecule is C#CCC(N)C(=O)CCCCCC=C. The second-order valence-corrected chi connectivity index (χ2v) is 3.37. The first-order valence-electron chi connectivity index (χ1n) is 5.05. The molecule has 0 saturated heterocycles. The number of rotatable bonds is 8. The topological polar surface area (TPSA) is 43.1 Å². The molecular weight excluding hydrogens is 174 g/mol. The van der Waals surface area contributed by atoms with E-state index in [0.29, 0.717) is 12.8 Å². The number of nitrogens with two attached hydrogens (primary N) is 1. The van der Waals surface area contributed by atoms with E-state index in [1.807, 2.05) is 6.08 Å². The lowest BCUT2D eigenvalue weighted by Crippen LogP contribution is -2.29. The third-order valence-electron chi connectivity index (χ3n) is 2.08. The largest absolute Gasteiger partial charge is 0.321 e. The van der Waals surface area contributed by atoms with Crippen molar-refractivity contribution in [2.75, 3.05) is 0 Å². The molecule has 0 aliphatic heterocycles. The number of terminal acetylenes is 1. The van der Waals surface area contributed by atoms with Crippen LogP contribution in [0.25, 0.3) is 0 Å². The number of carbonyl (C=O) groups is 1. The fourth-order valence-electron chi connectivity index (χ4n) is 1.19. The zero-order valence-corrected chi connectivity index (χ0v) is 8.67. The molecule has 2 nitrogen and oxygen atoms in total. The summed E-state index contributed by atoms with van der Waals surface area (Å²) in [5.74, 6) is 2.48. The molecule has 0 radical (unpaired) electrons.